The molecular weight excluding hydrogens is 346 g/mol. The number of aromatic nitrogens is 2. The molecule has 4 rings (SSSR count). The summed E-state index contributed by atoms with van der Waals surface area (Å²) in [4.78, 5) is 19.2. The standard InChI is InChI=1S/C17H14ClN3O2S/c18-11-5-6-13(22)10(7-11)8-20-21-9-19-16-15(17(21)23)12-3-1-2-4-14(12)24-16/h5-9,22H,1-4H2/b20-8+. The molecule has 1 aliphatic carbocycles. The van der Waals surface area contributed by atoms with E-state index in [0.717, 1.165) is 29.7 Å². The number of aromatic hydroxyl groups is 1. The first kappa shape index (κ1) is 15.4. The Balaban J connectivity index is 1.80. The van der Waals surface area contributed by atoms with Crippen molar-refractivity contribution in [2.45, 2.75) is 25.7 Å². The molecule has 0 saturated heterocycles. The van der Waals surface area contributed by atoms with Gasteiger partial charge < -0.3 is 5.11 Å². The Hall–Kier alpha value is -2.18. The number of phenolic OH excluding ortho intramolecular Hbond substituents is 1. The Bertz CT molecular complexity index is 1020. The number of fused-ring (bicyclic) bond motifs is 3. The topological polar surface area (TPSA) is 67.5 Å². The van der Waals surface area contributed by atoms with E-state index in [9.17, 15) is 9.90 Å². The minimum Gasteiger partial charge on any atom is -0.507 e. The van der Waals surface area contributed by atoms with Gasteiger partial charge in [-0.3, -0.25) is 4.79 Å². The molecule has 0 bridgehead atoms. The molecule has 122 valence electrons. The summed E-state index contributed by atoms with van der Waals surface area (Å²) < 4.78 is 1.21. The van der Waals surface area contributed by atoms with E-state index < -0.39 is 0 Å². The van der Waals surface area contributed by atoms with Gasteiger partial charge in [-0.2, -0.15) is 9.78 Å². The maximum atomic E-state index is 12.8. The lowest BCUT2D eigenvalue weighted by atomic mass is 9.97. The van der Waals surface area contributed by atoms with E-state index in [4.69, 9.17) is 11.6 Å². The Morgan fingerprint density at radius 3 is 3.04 bits per heavy atom. The lowest BCUT2D eigenvalue weighted by Crippen LogP contribution is -2.18. The van der Waals surface area contributed by atoms with Crippen molar-refractivity contribution in [1.82, 2.24) is 9.66 Å². The lowest BCUT2D eigenvalue weighted by Gasteiger charge is -2.09. The van der Waals surface area contributed by atoms with Crippen LogP contribution in [0.15, 0.2) is 34.4 Å². The third-order valence-corrected chi connectivity index (χ3v) is 5.60. The van der Waals surface area contributed by atoms with E-state index in [1.807, 2.05) is 0 Å². The molecule has 1 aromatic carbocycles. The van der Waals surface area contributed by atoms with Crippen LogP contribution in [0.1, 0.15) is 28.8 Å². The predicted molar refractivity (Wildman–Crippen MR) is 96.6 cm³/mol. The molecule has 5 nitrogen and oxygen atoms in total. The van der Waals surface area contributed by atoms with Gasteiger partial charge in [-0.1, -0.05) is 11.6 Å². The van der Waals surface area contributed by atoms with Crippen LogP contribution in [-0.2, 0) is 12.8 Å². The normalized spacial score (nSPS) is 14.4. The van der Waals surface area contributed by atoms with Crippen LogP contribution in [0.5, 0.6) is 5.75 Å². The fourth-order valence-electron chi connectivity index (χ4n) is 2.97. The van der Waals surface area contributed by atoms with Crippen LogP contribution in [0.3, 0.4) is 0 Å². The monoisotopic (exact) mass is 359 g/mol. The molecule has 7 heteroatoms. The molecule has 0 amide bonds. The lowest BCUT2D eigenvalue weighted by molar-refractivity contribution is 0.474. The summed E-state index contributed by atoms with van der Waals surface area (Å²) in [6, 6.07) is 4.67. The predicted octanol–water partition coefficient (Wildman–Crippen LogP) is 3.58. The first-order valence-electron chi connectivity index (χ1n) is 7.68. The molecule has 0 unspecified atom stereocenters. The quantitative estimate of drug-likeness (QED) is 0.711. The fraction of sp³-hybridized carbons (Fsp3) is 0.235. The average molecular weight is 360 g/mol. The zero-order valence-corrected chi connectivity index (χ0v) is 14.3. The van der Waals surface area contributed by atoms with Crippen molar-refractivity contribution in [3.05, 3.63) is 55.9 Å². The van der Waals surface area contributed by atoms with Gasteiger partial charge in [-0.05, 0) is 49.4 Å². The molecule has 0 spiro atoms. The zero-order chi connectivity index (χ0) is 16.7. The second-order valence-electron chi connectivity index (χ2n) is 5.73. The van der Waals surface area contributed by atoms with Crippen LogP contribution in [0.4, 0.5) is 0 Å². The Labute approximate surface area is 146 Å². The van der Waals surface area contributed by atoms with E-state index in [-0.39, 0.29) is 11.3 Å². The molecule has 1 N–H and O–H groups in total. The van der Waals surface area contributed by atoms with E-state index in [1.165, 1.54) is 34.6 Å². The second-order valence-corrected chi connectivity index (χ2v) is 7.25. The van der Waals surface area contributed by atoms with Crippen molar-refractivity contribution >= 4 is 39.4 Å². The van der Waals surface area contributed by atoms with Crippen molar-refractivity contribution in [2.75, 3.05) is 0 Å². The molecule has 0 radical (unpaired) electrons. The summed E-state index contributed by atoms with van der Waals surface area (Å²) in [7, 11) is 0. The number of hydrogen-bond acceptors (Lipinski definition) is 5. The maximum Gasteiger partial charge on any atom is 0.282 e. The van der Waals surface area contributed by atoms with Gasteiger partial charge in [0.2, 0.25) is 0 Å². The highest BCUT2D eigenvalue weighted by Crippen LogP contribution is 2.33. The summed E-state index contributed by atoms with van der Waals surface area (Å²) >= 11 is 7.53. The fourth-order valence-corrected chi connectivity index (χ4v) is 4.37. The summed E-state index contributed by atoms with van der Waals surface area (Å²) in [5.74, 6) is 0.0538. The maximum absolute atomic E-state index is 12.8. The van der Waals surface area contributed by atoms with Gasteiger partial charge in [-0.25, -0.2) is 4.98 Å². The molecule has 0 atom stereocenters. The van der Waals surface area contributed by atoms with Crippen LogP contribution in [0.25, 0.3) is 10.2 Å². The summed E-state index contributed by atoms with van der Waals surface area (Å²) in [6.45, 7) is 0. The molecule has 1 aliphatic rings. The number of aryl methyl sites for hydroxylation is 2. The summed E-state index contributed by atoms with van der Waals surface area (Å²) in [5.41, 5.74) is 1.41. The number of hydrogen-bond donors (Lipinski definition) is 1. The number of benzene rings is 1. The molecule has 2 aromatic heterocycles. The SMILES string of the molecule is O=c1c2c3c(sc2ncn1/N=C/c1cc(Cl)ccc1O)CCCC3. The Morgan fingerprint density at radius 2 is 2.17 bits per heavy atom. The van der Waals surface area contributed by atoms with Gasteiger partial charge >= 0.3 is 0 Å². The van der Waals surface area contributed by atoms with E-state index >= 15 is 0 Å². The third-order valence-electron chi connectivity index (χ3n) is 4.17. The highest BCUT2D eigenvalue weighted by atomic mass is 35.5. The largest absolute Gasteiger partial charge is 0.507 e. The molecule has 0 fully saturated rings. The van der Waals surface area contributed by atoms with E-state index in [0.29, 0.717) is 16.0 Å². The van der Waals surface area contributed by atoms with Crippen LogP contribution in [-0.4, -0.2) is 21.0 Å². The van der Waals surface area contributed by atoms with Crippen LogP contribution >= 0.6 is 22.9 Å². The smallest absolute Gasteiger partial charge is 0.282 e. The van der Waals surface area contributed by atoms with Gasteiger partial charge in [0.15, 0.2) is 0 Å². The van der Waals surface area contributed by atoms with Crippen molar-refractivity contribution in [3.8, 4) is 5.75 Å². The van der Waals surface area contributed by atoms with Gasteiger partial charge in [0.05, 0.1) is 11.6 Å². The van der Waals surface area contributed by atoms with Gasteiger partial charge in [0.1, 0.15) is 16.9 Å². The van der Waals surface area contributed by atoms with Crippen molar-refractivity contribution in [2.24, 2.45) is 5.10 Å². The number of halogens is 1. The molecular formula is C17H14ClN3O2S. The Morgan fingerprint density at radius 1 is 1.33 bits per heavy atom. The number of phenols is 1. The van der Waals surface area contributed by atoms with Crippen molar-refractivity contribution in [1.29, 1.82) is 0 Å². The number of thiophene rings is 1. The van der Waals surface area contributed by atoms with Crippen LogP contribution in [0.2, 0.25) is 5.02 Å². The average Bonchev–Trinajstić information content (AvgIpc) is 2.96. The summed E-state index contributed by atoms with van der Waals surface area (Å²) in [6.07, 6.45) is 7.05. The molecule has 0 saturated carbocycles. The first-order valence-corrected chi connectivity index (χ1v) is 8.88. The highest BCUT2D eigenvalue weighted by Gasteiger charge is 2.19. The second kappa shape index (κ2) is 6.03. The van der Waals surface area contributed by atoms with Gasteiger partial charge in [-0.15, -0.1) is 11.3 Å². The van der Waals surface area contributed by atoms with Crippen LogP contribution < -0.4 is 5.56 Å². The number of rotatable bonds is 2. The highest BCUT2D eigenvalue weighted by molar-refractivity contribution is 7.18. The van der Waals surface area contributed by atoms with Crippen molar-refractivity contribution in [3.63, 3.8) is 0 Å². The van der Waals surface area contributed by atoms with Gasteiger partial charge in [0.25, 0.3) is 5.56 Å². The molecule has 2 heterocycles. The minimum absolute atomic E-state index is 0.0538. The summed E-state index contributed by atoms with van der Waals surface area (Å²) in [5, 5.41) is 15.2. The Kier molecular flexibility index (Phi) is 3.86. The third kappa shape index (κ3) is 2.61. The first-order chi connectivity index (χ1) is 11.6. The minimum atomic E-state index is -0.169. The van der Waals surface area contributed by atoms with Gasteiger partial charge in [0, 0.05) is 15.5 Å². The molecule has 0 aliphatic heterocycles. The molecule has 24 heavy (non-hydrogen) atoms. The molecule has 3 aromatic rings. The van der Waals surface area contributed by atoms with E-state index in [1.54, 1.807) is 23.5 Å². The number of nitrogens with zero attached hydrogens (tertiary/aromatic N) is 3. The van der Waals surface area contributed by atoms with Crippen LogP contribution in [0, 0.1) is 0 Å². The van der Waals surface area contributed by atoms with E-state index in [2.05, 4.69) is 10.1 Å². The van der Waals surface area contributed by atoms with Crippen molar-refractivity contribution < 1.29 is 5.11 Å². The zero-order valence-electron chi connectivity index (χ0n) is 12.7.